The molecule has 0 aliphatic heterocycles. The van der Waals surface area contributed by atoms with Crippen molar-refractivity contribution in [2.45, 2.75) is 26.4 Å². The SMILES string of the molecule is Cc1ccccc1CNC(=O)CN(C)[C@H](C)c1nc2ccccc2s1. The number of para-hydroxylation sites is 1. The Hall–Kier alpha value is -2.24. The normalized spacial score (nSPS) is 12.5. The number of nitrogens with zero attached hydrogens (tertiary/aromatic N) is 2. The second-order valence-corrected chi connectivity index (χ2v) is 7.38. The maximum absolute atomic E-state index is 12.3. The molecule has 0 saturated heterocycles. The minimum Gasteiger partial charge on any atom is -0.351 e. The molecule has 25 heavy (non-hydrogen) atoms. The highest BCUT2D eigenvalue weighted by Gasteiger charge is 2.18. The van der Waals surface area contributed by atoms with E-state index in [0.717, 1.165) is 16.1 Å². The Morgan fingerprint density at radius 1 is 1.20 bits per heavy atom. The number of carbonyl (C=O) groups is 1. The lowest BCUT2D eigenvalue weighted by Crippen LogP contribution is -2.36. The fraction of sp³-hybridized carbons (Fsp3) is 0.300. The Bertz CT molecular complexity index is 841. The molecule has 0 spiro atoms. The van der Waals surface area contributed by atoms with Crippen molar-refractivity contribution in [3.05, 3.63) is 64.7 Å². The third-order valence-corrected chi connectivity index (χ3v) is 5.67. The highest BCUT2D eigenvalue weighted by molar-refractivity contribution is 7.18. The molecule has 3 aromatic rings. The summed E-state index contributed by atoms with van der Waals surface area (Å²) in [5.41, 5.74) is 3.36. The van der Waals surface area contributed by atoms with Gasteiger partial charge in [-0.05, 0) is 44.2 Å². The van der Waals surface area contributed by atoms with Crippen molar-refractivity contribution in [1.82, 2.24) is 15.2 Å². The number of carbonyl (C=O) groups excluding carboxylic acids is 1. The maximum atomic E-state index is 12.3. The maximum Gasteiger partial charge on any atom is 0.234 e. The standard InChI is InChI=1S/C20H23N3OS/c1-14-8-4-5-9-16(14)12-21-19(24)13-23(3)15(2)20-22-17-10-6-7-11-18(17)25-20/h4-11,15H,12-13H2,1-3H3,(H,21,24)/t15-/m1/s1. The number of aromatic nitrogens is 1. The van der Waals surface area contributed by atoms with Crippen LogP contribution in [0.5, 0.6) is 0 Å². The molecule has 0 fully saturated rings. The predicted molar refractivity (Wildman–Crippen MR) is 104 cm³/mol. The number of amides is 1. The zero-order valence-electron chi connectivity index (χ0n) is 14.8. The van der Waals surface area contributed by atoms with Gasteiger partial charge in [-0.25, -0.2) is 4.98 Å². The third kappa shape index (κ3) is 4.24. The van der Waals surface area contributed by atoms with E-state index in [1.54, 1.807) is 11.3 Å². The van der Waals surface area contributed by atoms with Crippen molar-refractivity contribution in [2.75, 3.05) is 13.6 Å². The summed E-state index contributed by atoms with van der Waals surface area (Å²) >= 11 is 1.69. The molecule has 0 aliphatic carbocycles. The molecule has 3 rings (SSSR count). The van der Waals surface area contributed by atoms with Gasteiger partial charge in [0.15, 0.2) is 0 Å². The van der Waals surface area contributed by atoms with E-state index in [4.69, 9.17) is 4.98 Å². The number of benzene rings is 2. The van der Waals surface area contributed by atoms with Crippen LogP contribution in [0, 0.1) is 6.92 Å². The fourth-order valence-electron chi connectivity index (χ4n) is 2.68. The zero-order chi connectivity index (χ0) is 17.8. The molecule has 0 bridgehead atoms. The van der Waals surface area contributed by atoms with Crippen molar-refractivity contribution in [1.29, 1.82) is 0 Å². The zero-order valence-corrected chi connectivity index (χ0v) is 15.6. The molecule has 0 unspecified atom stereocenters. The summed E-state index contributed by atoms with van der Waals surface area (Å²) in [5, 5.41) is 4.04. The molecular weight excluding hydrogens is 330 g/mol. The van der Waals surface area contributed by atoms with Gasteiger partial charge < -0.3 is 5.32 Å². The van der Waals surface area contributed by atoms with Crippen molar-refractivity contribution in [2.24, 2.45) is 0 Å². The number of likely N-dealkylation sites (N-methyl/N-ethyl adjacent to an activating group) is 1. The molecule has 0 saturated carbocycles. The first-order chi connectivity index (χ1) is 12.0. The average molecular weight is 353 g/mol. The molecule has 2 aromatic carbocycles. The van der Waals surface area contributed by atoms with Gasteiger partial charge in [-0.15, -0.1) is 11.3 Å². The van der Waals surface area contributed by atoms with Crippen LogP contribution in [0.2, 0.25) is 0 Å². The lowest BCUT2D eigenvalue weighted by molar-refractivity contribution is -0.122. The Morgan fingerprint density at radius 3 is 2.68 bits per heavy atom. The summed E-state index contributed by atoms with van der Waals surface area (Å²) in [5.74, 6) is 0.0266. The van der Waals surface area contributed by atoms with Crippen LogP contribution in [0.15, 0.2) is 48.5 Å². The minimum atomic E-state index is 0.0266. The molecule has 4 nitrogen and oxygen atoms in total. The van der Waals surface area contributed by atoms with E-state index in [1.165, 1.54) is 10.3 Å². The molecule has 1 atom stereocenters. The van der Waals surface area contributed by atoms with Gasteiger partial charge in [-0.1, -0.05) is 36.4 Å². The van der Waals surface area contributed by atoms with Gasteiger partial charge in [0.25, 0.3) is 0 Å². The number of hydrogen-bond donors (Lipinski definition) is 1. The van der Waals surface area contributed by atoms with Crippen molar-refractivity contribution < 1.29 is 4.79 Å². The van der Waals surface area contributed by atoms with Gasteiger partial charge in [0.1, 0.15) is 5.01 Å². The monoisotopic (exact) mass is 353 g/mol. The van der Waals surface area contributed by atoms with Crippen LogP contribution >= 0.6 is 11.3 Å². The van der Waals surface area contributed by atoms with Gasteiger partial charge in [0.05, 0.1) is 22.8 Å². The van der Waals surface area contributed by atoms with Crippen LogP contribution in [-0.2, 0) is 11.3 Å². The number of thiazole rings is 1. The second-order valence-electron chi connectivity index (χ2n) is 6.31. The van der Waals surface area contributed by atoms with Crippen molar-refractivity contribution >= 4 is 27.5 Å². The van der Waals surface area contributed by atoms with E-state index < -0.39 is 0 Å². The minimum absolute atomic E-state index is 0.0266. The number of aryl methyl sites for hydroxylation is 1. The van der Waals surface area contributed by atoms with Crippen LogP contribution in [0.1, 0.15) is 29.1 Å². The summed E-state index contributed by atoms with van der Waals surface area (Å²) < 4.78 is 1.18. The van der Waals surface area contributed by atoms with E-state index in [2.05, 4.69) is 31.3 Å². The first-order valence-electron chi connectivity index (χ1n) is 8.41. The number of hydrogen-bond acceptors (Lipinski definition) is 4. The van der Waals surface area contributed by atoms with Crippen LogP contribution in [0.25, 0.3) is 10.2 Å². The molecule has 5 heteroatoms. The van der Waals surface area contributed by atoms with Gasteiger partial charge >= 0.3 is 0 Å². The van der Waals surface area contributed by atoms with E-state index >= 15 is 0 Å². The van der Waals surface area contributed by atoms with Gasteiger partial charge in [0, 0.05) is 6.54 Å². The Kier molecular flexibility index (Phi) is 5.46. The van der Waals surface area contributed by atoms with E-state index in [1.807, 2.05) is 48.3 Å². The molecular formula is C20H23N3OS. The van der Waals surface area contributed by atoms with Crippen LogP contribution in [0.4, 0.5) is 0 Å². The van der Waals surface area contributed by atoms with E-state index in [0.29, 0.717) is 13.1 Å². The highest BCUT2D eigenvalue weighted by atomic mass is 32.1. The Labute approximate surface area is 152 Å². The van der Waals surface area contributed by atoms with E-state index in [-0.39, 0.29) is 11.9 Å². The smallest absolute Gasteiger partial charge is 0.234 e. The molecule has 0 radical (unpaired) electrons. The first-order valence-corrected chi connectivity index (χ1v) is 9.23. The summed E-state index contributed by atoms with van der Waals surface area (Å²) in [6.07, 6.45) is 0. The average Bonchev–Trinajstić information content (AvgIpc) is 3.04. The quantitative estimate of drug-likeness (QED) is 0.731. The Balaban J connectivity index is 1.58. The lowest BCUT2D eigenvalue weighted by Gasteiger charge is -2.22. The molecule has 0 aliphatic rings. The van der Waals surface area contributed by atoms with Crippen molar-refractivity contribution in [3.8, 4) is 0 Å². The fourth-order valence-corrected chi connectivity index (χ4v) is 3.76. The number of nitrogens with one attached hydrogen (secondary N) is 1. The Morgan fingerprint density at radius 2 is 1.92 bits per heavy atom. The second kappa shape index (κ2) is 7.76. The number of fused-ring (bicyclic) bond motifs is 1. The van der Waals surface area contributed by atoms with Crippen LogP contribution in [0.3, 0.4) is 0 Å². The molecule has 130 valence electrons. The third-order valence-electron chi connectivity index (χ3n) is 4.46. The topological polar surface area (TPSA) is 45.2 Å². The summed E-state index contributed by atoms with van der Waals surface area (Å²) in [6.45, 7) is 5.06. The summed E-state index contributed by atoms with van der Waals surface area (Å²) in [6, 6.07) is 16.3. The van der Waals surface area contributed by atoms with Gasteiger partial charge in [0.2, 0.25) is 5.91 Å². The highest BCUT2D eigenvalue weighted by Crippen LogP contribution is 2.28. The van der Waals surface area contributed by atoms with Gasteiger partial charge in [-0.2, -0.15) is 0 Å². The molecule has 1 aromatic heterocycles. The van der Waals surface area contributed by atoms with Gasteiger partial charge in [-0.3, -0.25) is 9.69 Å². The molecule has 1 heterocycles. The van der Waals surface area contributed by atoms with Crippen LogP contribution in [-0.4, -0.2) is 29.4 Å². The summed E-state index contributed by atoms with van der Waals surface area (Å²) in [7, 11) is 1.96. The van der Waals surface area contributed by atoms with E-state index in [9.17, 15) is 4.79 Å². The van der Waals surface area contributed by atoms with Crippen molar-refractivity contribution in [3.63, 3.8) is 0 Å². The summed E-state index contributed by atoms with van der Waals surface area (Å²) in [4.78, 5) is 19.0. The van der Waals surface area contributed by atoms with Crippen LogP contribution < -0.4 is 5.32 Å². The first kappa shape index (κ1) is 17.6. The predicted octanol–water partition coefficient (Wildman–Crippen LogP) is 3.91. The molecule has 1 N–H and O–H groups in total. The number of rotatable bonds is 6. The largest absolute Gasteiger partial charge is 0.351 e. The lowest BCUT2D eigenvalue weighted by atomic mass is 10.1. The molecule has 1 amide bonds.